The van der Waals surface area contributed by atoms with E-state index in [1.165, 1.54) is 43.5 Å². The van der Waals surface area contributed by atoms with E-state index in [-0.39, 0.29) is 0 Å². The smallest absolute Gasteiger partial charge is 0.132 e. The van der Waals surface area contributed by atoms with E-state index < -0.39 is 0 Å². The van der Waals surface area contributed by atoms with Gasteiger partial charge in [-0.1, -0.05) is 19.3 Å². The van der Waals surface area contributed by atoms with E-state index in [0.717, 1.165) is 24.1 Å². The van der Waals surface area contributed by atoms with Crippen LogP contribution in [0, 0.1) is 6.92 Å². The molecule has 104 valence electrons. The van der Waals surface area contributed by atoms with Crippen molar-refractivity contribution >= 4 is 21.7 Å². The van der Waals surface area contributed by atoms with Gasteiger partial charge in [0.15, 0.2) is 0 Å². The molecule has 3 nitrogen and oxygen atoms in total. The molecule has 0 atom stereocenters. The first-order chi connectivity index (χ1) is 9.21. The molecule has 1 aliphatic carbocycles. The van der Waals surface area contributed by atoms with Gasteiger partial charge in [-0.2, -0.15) is 0 Å². The van der Waals surface area contributed by atoms with Gasteiger partial charge in [-0.25, -0.2) is 4.98 Å². The fraction of sp³-hybridized carbons (Fsp3) is 0.667. The first-order valence-corrected chi connectivity index (χ1v) is 8.11. The van der Waals surface area contributed by atoms with E-state index in [1.807, 2.05) is 6.20 Å². The summed E-state index contributed by atoms with van der Waals surface area (Å²) in [5, 5.41) is 3.60. The summed E-state index contributed by atoms with van der Waals surface area (Å²) >= 11 is 3.51. The van der Waals surface area contributed by atoms with Crippen LogP contribution in [-0.2, 0) is 0 Å². The lowest BCUT2D eigenvalue weighted by Gasteiger charge is -2.51. The predicted octanol–water partition coefficient (Wildman–Crippen LogP) is 3.27. The van der Waals surface area contributed by atoms with Gasteiger partial charge in [-0.15, -0.1) is 0 Å². The Kier molecular flexibility index (Phi) is 3.81. The van der Waals surface area contributed by atoms with Crippen LogP contribution >= 0.6 is 15.9 Å². The first kappa shape index (κ1) is 13.4. The maximum Gasteiger partial charge on any atom is 0.132 e. The molecule has 2 heterocycles. The van der Waals surface area contributed by atoms with Gasteiger partial charge in [0.25, 0.3) is 0 Å². The number of hydrogen-bond acceptors (Lipinski definition) is 3. The molecule has 1 aromatic rings. The summed E-state index contributed by atoms with van der Waals surface area (Å²) in [6.07, 6.45) is 8.64. The molecule has 0 amide bonds. The van der Waals surface area contributed by atoms with Crippen LogP contribution in [0.3, 0.4) is 0 Å². The van der Waals surface area contributed by atoms with Gasteiger partial charge in [0.05, 0.1) is 5.54 Å². The molecule has 19 heavy (non-hydrogen) atoms. The summed E-state index contributed by atoms with van der Waals surface area (Å²) in [6.45, 7) is 5.43. The van der Waals surface area contributed by atoms with Crippen molar-refractivity contribution in [3.05, 3.63) is 22.3 Å². The second kappa shape index (κ2) is 5.41. The molecule has 4 heteroatoms. The van der Waals surface area contributed by atoms with Crippen molar-refractivity contribution in [1.82, 2.24) is 10.3 Å². The molecule has 1 aliphatic heterocycles. The first-order valence-electron chi connectivity index (χ1n) is 7.32. The molecule has 0 aromatic carbocycles. The summed E-state index contributed by atoms with van der Waals surface area (Å²) in [7, 11) is 0. The number of nitrogens with zero attached hydrogens (tertiary/aromatic N) is 2. The molecular formula is C15H22BrN3. The van der Waals surface area contributed by atoms with E-state index in [0.29, 0.717) is 5.54 Å². The van der Waals surface area contributed by atoms with Crippen LogP contribution in [0.15, 0.2) is 16.7 Å². The highest BCUT2D eigenvalue weighted by Gasteiger charge is 2.40. The van der Waals surface area contributed by atoms with Crippen LogP contribution in [0.5, 0.6) is 0 Å². The normalized spacial score (nSPS) is 22.7. The van der Waals surface area contributed by atoms with Crippen molar-refractivity contribution < 1.29 is 0 Å². The molecule has 0 radical (unpaired) electrons. The predicted molar refractivity (Wildman–Crippen MR) is 82.7 cm³/mol. The largest absolute Gasteiger partial charge is 0.348 e. The third-order valence-corrected chi connectivity index (χ3v) is 5.03. The van der Waals surface area contributed by atoms with Crippen LogP contribution in [-0.4, -0.2) is 30.2 Å². The molecule has 3 rings (SSSR count). The van der Waals surface area contributed by atoms with Crippen molar-refractivity contribution in [2.24, 2.45) is 0 Å². The monoisotopic (exact) mass is 323 g/mol. The van der Waals surface area contributed by atoms with Crippen molar-refractivity contribution in [1.29, 1.82) is 0 Å². The fourth-order valence-electron chi connectivity index (χ4n) is 3.65. The number of aryl methyl sites for hydroxylation is 1. The average Bonchev–Trinajstić information content (AvgIpc) is 2.41. The number of aromatic nitrogens is 1. The van der Waals surface area contributed by atoms with Crippen molar-refractivity contribution in [3.63, 3.8) is 0 Å². The lowest BCUT2D eigenvalue weighted by molar-refractivity contribution is 0.239. The SMILES string of the molecule is Cc1cc(Br)cnc1N1CCNCC12CCCCC2. The van der Waals surface area contributed by atoms with Crippen molar-refractivity contribution in [2.75, 3.05) is 24.5 Å². The summed E-state index contributed by atoms with van der Waals surface area (Å²) in [6, 6.07) is 2.18. The summed E-state index contributed by atoms with van der Waals surface area (Å²) in [5.74, 6) is 1.19. The van der Waals surface area contributed by atoms with E-state index in [2.05, 4.69) is 39.1 Å². The molecule has 1 saturated heterocycles. The molecule has 1 spiro atoms. The molecule has 2 aliphatic rings. The second-order valence-corrected chi connectivity index (χ2v) is 6.82. The zero-order chi connectivity index (χ0) is 13.3. The highest BCUT2D eigenvalue weighted by molar-refractivity contribution is 9.10. The molecule has 1 aromatic heterocycles. The minimum atomic E-state index is 0.308. The van der Waals surface area contributed by atoms with Crippen molar-refractivity contribution in [2.45, 2.75) is 44.6 Å². The number of pyridine rings is 1. The Hall–Kier alpha value is -0.610. The maximum atomic E-state index is 4.70. The van der Waals surface area contributed by atoms with Gasteiger partial charge in [0.2, 0.25) is 0 Å². The second-order valence-electron chi connectivity index (χ2n) is 5.91. The van der Waals surface area contributed by atoms with Crippen molar-refractivity contribution in [3.8, 4) is 0 Å². The molecule has 0 bridgehead atoms. The maximum absolute atomic E-state index is 4.70. The third kappa shape index (κ3) is 2.52. The summed E-state index contributed by atoms with van der Waals surface area (Å²) in [5.41, 5.74) is 1.59. The highest BCUT2D eigenvalue weighted by atomic mass is 79.9. The molecule has 1 N–H and O–H groups in total. The zero-order valence-corrected chi connectivity index (χ0v) is 13.2. The summed E-state index contributed by atoms with van der Waals surface area (Å²) in [4.78, 5) is 7.29. The van der Waals surface area contributed by atoms with Gasteiger partial charge in [0, 0.05) is 30.3 Å². The minimum Gasteiger partial charge on any atom is -0.348 e. The third-order valence-electron chi connectivity index (χ3n) is 4.60. The lowest BCUT2D eigenvalue weighted by Crippen LogP contribution is -2.62. The van der Waals surface area contributed by atoms with Crippen LogP contribution in [0.25, 0.3) is 0 Å². The average molecular weight is 324 g/mol. The summed E-state index contributed by atoms with van der Waals surface area (Å²) < 4.78 is 1.07. The Morgan fingerprint density at radius 3 is 2.84 bits per heavy atom. The Bertz CT molecular complexity index is 446. The topological polar surface area (TPSA) is 28.2 Å². The Balaban J connectivity index is 1.95. The van der Waals surface area contributed by atoms with Crippen LogP contribution in [0.1, 0.15) is 37.7 Å². The molecule has 0 unspecified atom stereocenters. The number of piperazine rings is 1. The zero-order valence-electron chi connectivity index (χ0n) is 11.6. The van der Waals surface area contributed by atoms with Crippen LogP contribution < -0.4 is 10.2 Å². The molecule has 2 fully saturated rings. The van der Waals surface area contributed by atoms with Gasteiger partial charge < -0.3 is 10.2 Å². The van der Waals surface area contributed by atoms with E-state index in [9.17, 15) is 0 Å². The van der Waals surface area contributed by atoms with Gasteiger partial charge >= 0.3 is 0 Å². The minimum absolute atomic E-state index is 0.308. The number of rotatable bonds is 1. The van der Waals surface area contributed by atoms with E-state index in [4.69, 9.17) is 4.98 Å². The quantitative estimate of drug-likeness (QED) is 0.859. The van der Waals surface area contributed by atoms with Gasteiger partial charge in [-0.3, -0.25) is 0 Å². The number of hydrogen-bond donors (Lipinski definition) is 1. The molecular weight excluding hydrogens is 302 g/mol. The number of halogens is 1. The number of anilines is 1. The van der Waals surface area contributed by atoms with Gasteiger partial charge in [0.1, 0.15) is 5.82 Å². The lowest BCUT2D eigenvalue weighted by atomic mass is 9.79. The Morgan fingerprint density at radius 2 is 2.11 bits per heavy atom. The highest BCUT2D eigenvalue weighted by Crippen LogP contribution is 2.38. The van der Waals surface area contributed by atoms with Gasteiger partial charge in [-0.05, 0) is 47.3 Å². The van der Waals surface area contributed by atoms with Crippen LogP contribution in [0.4, 0.5) is 5.82 Å². The fourth-order valence-corrected chi connectivity index (χ4v) is 4.09. The van der Waals surface area contributed by atoms with E-state index >= 15 is 0 Å². The van der Waals surface area contributed by atoms with E-state index in [1.54, 1.807) is 0 Å². The van der Waals surface area contributed by atoms with Crippen LogP contribution in [0.2, 0.25) is 0 Å². The molecule has 1 saturated carbocycles. The Labute approximate surface area is 123 Å². The standard InChI is InChI=1S/C15H22BrN3/c1-12-9-13(16)10-18-14(12)19-8-7-17-11-15(19)5-3-2-4-6-15/h9-10,17H,2-8,11H2,1H3. The number of nitrogens with one attached hydrogen (secondary N) is 1. The Morgan fingerprint density at radius 1 is 1.32 bits per heavy atom.